The average molecular weight is 254 g/mol. The number of nitrogens with one attached hydrogen (secondary N) is 1. The molecular weight excluding hydrogens is 236 g/mol. The summed E-state index contributed by atoms with van der Waals surface area (Å²) in [5, 5.41) is 1.20. The van der Waals surface area contributed by atoms with Crippen LogP contribution in [-0.4, -0.2) is 29.8 Å². The lowest BCUT2D eigenvalue weighted by molar-refractivity contribution is 0.102. The Morgan fingerprint density at radius 3 is 2.79 bits per heavy atom. The van der Waals surface area contributed by atoms with Gasteiger partial charge < -0.3 is 9.88 Å². The van der Waals surface area contributed by atoms with Crippen LogP contribution in [0.4, 0.5) is 0 Å². The molecule has 0 fully saturated rings. The first-order chi connectivity index (χ1) is 9.06. The molecular formula is C16H18N2O. The molecule has 0 unspecified atom stereocenters. The zero-order chi connectivity index (χ0) is 13.6. The zero-order valence-corrected chi connectivity index (χ0v) is 11.6. The van der Waals surface area contributed by atoms with E-state index in [1.165, 1.54) is 16.5 Å². The lowest BCUT2D eigenvalue weighted by Crippen LogP contribution is -2.16. The smallest absolute Gasteiger partial charge is 0.206 e. The molecule has 19 heavy (non-hydrogen) atoms. The number of allylic oxidation sites excluding steroid dienone is 1. The largest absolute Gasteiger partial charge is 0.383 e. The molecule has 1 aliphatic rings. The molecule has 0 aliphatic heterocycles. The molecule has 3 nitrogen and oxygen atoms in total. The molecule has 3 rings (SSSR count). The van der Waals surface area contributed by atoms with Gasteiger partial charge in [0, 0.05) is 36.8 Å². The molecule has 1 aliphatic carbocycles. The van der Waals surface area contributed by atoms with E-state index in [-0.39, 0.29) is 5.78 Å². The summed E-state index contributed by atoms with van der Waals surface area (Å²) in [4.78, 5) is 17.7. The average Bonchev–Trinajstić information content (AvgIpc) is 2.71. The maximum Gasteiger partial charge on any atom is 0.206 e. The molecule has 1 N–H and O–H groups in total. The van der Waals surface area contributed by atoms with E-state index in [2.05, 4.69) is 30.1 Å². The van der Waals surface area contributed by atoms with Crippen LogP contribution in [0.2, 0.25) is 0 Å². The molecule has 0 bridgehead atoms. The normalized spacial score (nSPS) is 17.0. The summed E-state index contributed by atoms with van der Waals surface area (Å²) in [5.74, 6) is 0.142. The van der Waals surface area contributed by atoms with Crippen molar-refractivity contribution in [1.82, 2.24) is 9.88 Å². The van der Waals surface area contributed by atoms with E-state index >= 15 is 0 Å². The van der Waals surface area contributed by atoms with Crippen molar-refractivity contribution >= 4 is 16.7 Å². The zero-order valence-electron chi connectivity index (χ0n) is 11.6. The Morgan fingerprint density at radius 2 is 2.05 bits per heavy atom. The number of hydrogen-bond acceptors (Lipinski definition) is 2. The third-order valence-corrected chi connectivity index (χ3v) is 3.64. The molecule has 0 saturated heterocycles. The van der Waals surface area contributed by atoms with Gasteiger partial charge in [-0.3, -0.25) is 4.79 Å². The first-order valence-corrected chi connectivity index (χ1v) is 6.59. The van der Waals surface area contributed by atoms with Gasteiger partial charge in [0.05, 0.1) is 5.69 Å². The van der Waals surface area contributed by atoms with Gasteiger partial charge in [-0.2, -0.15) is 0 Å². The van der Waals surface area contributed by atoms with Crippen molar-refractivity contribution in [2.24, 2.45) is 0 Å². The molecule has 1 heterocycles. The predicted octanol–water partition coefficient (Wildman–Crippen LogP) is 3.05. The molecule has 0 amide bonds. The van der Waals surface area contributed by atoms with E-state index in [9.17, 15) is 4.79 Å². The SMILES string of the molecule is Cc1ccc2[nH]c3c(c2c1)CC/C(=C/N(C)C)C3=O. The number of aryl methyl sites for hydroxylation is 2. The van der Waals surface area contributed by atoms with E-state index in [1.807, 2.05) is 25.2 Å². The maximum absolute atomic E-state index is 12.5. The monoisotopic (exact) mass is 254 g/mol. The van der Waals surface area contributed by atoms with Gasteiger partial charge in [-0.25, -0.2) is 0 Å². The quantitative estimate of drug-likeness (QED) is 0.794. The third-order valence-electron chi connectivity index (χ3n) is 3.64. The number of carbonyl (C=O) groups is 1. The fraction of sp³-hybridized carbons (Fsp3) is 0.312. The van der Waals surface area contributed by atoms with Crippen molar-refractivity contribution in [2.45, 2.75) is 19.8 Å². The summed E-state index contributed by atoms with van der Waals surface area (Å²) in [6.45, 7) is 2.08. The number of aromatic nitrogens is 1. The number of rotatable bonds is 1. The van der Waals surface area contributed by atoms with Crippen molar-refractivity contribution in [2.75, 3.05) is 14.1 Å². The number of carbonyl (C=O) groups excluding carboxylic acids is 1. The van der Waals surface area contributed by atoms with Crippen LogP contribution >= 0.6 is 0 Å². The molecule has 0 atom stereocenters. The highest BCUT2D eigenvalue weighted by Gasteiger charge is 2.25. The highest BCUT2D eigenvalue weighted by Crippen LogP contribution is 2.31. The fourth-order valence-corrected chi connectivity index (χ4v) is 2.78. The summed E-state index contributed by atoms with van der Waals surface area (Å²) in [6.07, 6.45) is 3.69. The summed E-state index contributed by atoms with van der Waals surface area (Å²) >= 11 is 0. The van der Waals surface area contributed by atoms with Gasteiger partial charge in [0.15, 0.2) is 0 Å². The summed E-state index contributed by atoms with van der Waals surface area (Å²) in [5.41, 5.74) is 5.15. The first kappa shape index (κ1) is 12.0. The van der Waals surface area contributed by atoms with Gasteiger partial charge in [0.25, 0.3) is 0 Å². The second-order valence-corrected chi connectivity index (χ2v) is 5.47. The lowest BCUT2D eigenvalue weighted by Gasteiger charge is -2.16. The number of ketones is 1. The second kappa shape index (κ2) is 4.26. The summed E-state index contributed by atoms with van der Waals surface area (Å²) < 4.78 is 0. The minimum Gasteiger partial charge on any atom is -0.383 e. The molecule has 0 spiro atoms. The number of H-pyrrole nitrogens is 1. The molecule has 1 aromatic carbocycles. The fourth-order valence-electron chi connectivity index (χ4n) is 2.78. The number of benzene rings is 1. The first-order valence-electron chi connectivity index (χ1n) is 6.59. The Hall–Kier alpha value is -2.03. The summed E-state index contributed by atoms with van der Waals surface area (Å²) in [6, 6.07) is 6.30. The maximum atomic E-state index is 12.5. The van der Waals surface area contributed by atoms with Crippen LogP contribution in [0.3, 0.4) is 0 Å². The van der Waals surface area contributed by atoms with Crippen LogP contribution in [-0.2, 0) is 6.42 Å². The van der Waals surface area contributed by atoms with Gasteiger partial charge in [-0.15, -0.1) is 0 Å². The van der Waals surface area contributed by atoms with Crippen molar-refractivity contribution in [3.63, 3.8) is 0 Å². The topological polar surface area (TPSA) is 36.1 Å². The molecule has 0 saturated carbocycles. The van der Waals surface area contributed by atoms with Crippen molar-refractivity contribution in [3.8, 4) is 0 Å². The van der Waals surface area contributed by atoms with E-state index in [1.54, 1.807) is 0 Å². The van der Waals surface area contributed by atoms with E-state index < -0.39 is 0 Å². The van der Waals surface area contributed by atoms with Gasteiger partial charge in [0.2, 0.25) is 5.78 Å². The van der Waals surface area contributed by atoms with Crippen molar-refractivity contribution < 1.29 is 4.79 Å². The Bertz CT molecular complexity index is 692. The Morgan fingerprint density at radius 1 is 1.26 bits per heavy atom. The number of nitrogens with zero attached hydrogens (tertiary/aromatic N) is 1. The number of fused-ring (bicyclic) bond motifs is 3. The van der Waals surface area contributed by atoms with Crippen LogP contribution in [0, 0.1) is 6.92 Å². The van der Waals surface area contributed by atoms with Gasteiger partial charge in [-0.05, 0) is 37.5 Å². The predicted molar refractivity (Wildman–Crippen MR) is 77.5 cm³/mol. The molecule has 98 valence electrons. The van der Waals surface area contributed by atoms with Crippen molar-refractivity contribution in [3.05, 3.63) is 46.8 Å². The molecule has 0 radical (unpaired) electrons. The minimum atomic E-state index is 0.142. The number of Topliss-reactive ketones (excluding diaryl/α,β-unsaturated/α-hetero) is 1. The Balaban J connectivity index is 2.15. The highest BCUT2D eigenvalue weighted by atomic mass is 16.1. The third kappa shape index (κ3) is 1.95. The Labute approximate surface area is 112 Å². The van der Waals surface area contributed by atoms with Crippen molar-refractivity contribution in [1.29, 1.82) is 0 Å². The molecule has 1 aromatic heterocycles. The van der Waals surface area contributed by atoms with E-state index in [4.69, 9.17) is 0 Å². The minimum absolute atomic E-state index is 0.142. The van der Waals surface area contributed by atoms with E-state index in [0.29, 0.717) is 0 Å². The standard InChI is InChI=1S/C16H18N2O/c1-10-4-7-14-13(8-10)12-6-5-11(9-18(2)3)16(19)15(12)17-14/h4,7-9,17H,5-6H2,1-3H3/b11-9-. The number of aromatic amines is 1. The van der Waals surface area contributed by atoms with Gasteiger partial charge in [-0.1, -0.05) is 11.6 Å². The van der Waals surface area contributed by atoms with Gasteiger partial charge in [0.1, 0.15) is 0 Å². The van der Waals surface area contributed by atoms with Crippen LogP contribution in [0.5, 0.6) is 0 Å². The van der Waals surface area contributed by atoms with E-state index in [0.717, 1.165) is 29.6 Å². The molecule has 3 heteroatoms. The molecule has 2 aromatic rings. The Kier molecular flexibility index (Phi) is 2.70. The number of hydrogen-bond donors (Lipinski definition) is 1. The lowest BCUT2D eigenvalue weighted by atomic mass is 9.90. The highest BCUT2D eigenvalue weighted by molar-refractivity contribution is 6.12. The van der Waals surface area contributed by atoms with Crippen LogP contribution in [0.15, 0.2) is 30.0 Å². The van der Waals surface area contributed by atoms with Gasteiger partial charge >= 0.3 is 0 Å². The summed E-state index contributed by atoms with van der Waals surface area (Å²) in [7, 11) is 3.90. The van der Waals surface area contributed by atoms with Crippen LogP contribution < -0.4 is 0 Å². The van der Waals surface area contributed by atoms with Crippen LogP contribution in [0.1, 0.15) is 28.0 Å². The second-order valence-electron chi connectivity index (χ2n) is 5.47. The van der Waals surface area contributed by atoms with Crippen LogP contribution in [0.25, 0.3) is 10.9 Å².